The molecule has 2 heterocycles. The lowest BCUT2D eigenvalue weighted by Gasteiger charge is -2.43. The molecule has 0 bridgehead atoms. The molecule has 0 saturated carbocycles. The van der Waals surface area contributed by atoms with Gasteiger partial charge in [0.05, 0.1) is 4.88 Å². The summed E-state index contributed by atoms with van der Waals surface area (Å²) in [5, 5.41) is 11.2. The maximum atomic E-state index is 12.3. The van der Waals surface area contributed by atoms with Crippen molar-refractivity contribution in [3.8, 4) is 0 Å². The minimum Gasteiger partial charge on any atom is -0.480 e. The Bertz CT molecular complexity index is 453. The van der Waals surface area contributed by atoms with Crippen LogP contribution in [0.15, 0.2) is 17.5 Å². The summed E-state index contributed by atoms with van der Waals surface area (Å²) in [5.74, 6) is -1.07. The van der Waals surface area contributed by atoms with Crippen LogP contribution in [0.5, 0.6) is 0 Å². The van der Waals surface area contributed by atoms with Crippen molar-refractivity contribution in [2.24, 2.45) is 5.41 Å². The molecule has 1 aliphatic heterocycles. The second kappa shape index (κ2) is 4.72. The SMILES string of the molecule is CC1(C)CCCN(C(=O)c2cccs2)C1C(=O)O. The molecular weight excluding hydrogens is 250 g/mol. The quantitative estimate of drug-likeness (QED) is 0.895. The van der Waals surface area contributed by atoms with Gasteiger partial charge in [0.1, 0.15) is 6.04 Å². The molecule has 0 spiro atoms. The summed E-state index contributed by atoms with van der Waals surface area (Å²) in [6.07, 6.45) is 1.69. The van der Waals surface area contributed by atoms with Crippen molar-refractivity contribution in [2.45, 2.75) is 32.7 Å². The maximum absolute atomic E-state index is 12.3. The molecule has 4 nitrogen and oxygen atoms in total. The number of carboxylic acid groups (broad SMARTS) is 1. The first-order valence-electron chi connectivity index (χ1n) is 6.01. The average molecular weight is 267 g/mol. The number of nitrogens with zero attached hydrogens (tertiary/aromatic N) is 1. The molecule has 1 saturated heterocycles. The normalized spacial score (nSPS) is 22.8. The van der Waals surface area contributed by atoms with Gasteiger partial charge in [0, 0.05) is 6.54 Å². The number of carbonyl (C=O) groups excluding carboxylic acids is 1. The number of piperidine rings is 1. The standard InChI is InChI=1S/C13H17NO3S/c1-13(2)6-4-7-14(10(13)12(16)17)11(15)9-5-3-8-18-9/h3,5,8,10H,4,6-7H2,1-2H3,(H,16,17). The largest absolute Gasteiger partial charge is 0.480 e. The number of rotatable bonds is 2. The van der Waals surface area contributed by atoms with E-state index in [1.54, 1.807) is 6.07 Å². The van der Waals surface area contributed by atoms with Gasteiger partial charge in [-0.15, -0.1) is 11.3 Å². The molecule has 1 N–H and O–H groups in total. The van der Waals surface area contributed by atoms with Gasteiger partial charge in [-0.1, -0.05) is 19.9 Å². The lowest BCUT2D eigenvalue weighted by atomic mass is 9.76. The van der Waals surface area contributed by atoms with Gasteiger partial charge in [-0.25, -0.2) is 4.79 Å². The van der Waals surface area contributed by atoms with Gasteiger partial charge in [0.2, 0.25) is 0 Å². The molecule has 0 radical (unpaired) electrons. The number of carbonyl (C=O) groups is 2. The molecule has 2 rings (SSSR count). The molecule has 1 amide bonds. The van der Waals surface area contributed by atoms with Crippen molar-refractivity contribution >= 4 is 23.2 Å². The van der Waals surface area contributed by atoms with E-state index in [4.69, 9.17) is 0 Å². The van der Waals surface area contributed by atoms with E-state index in [-0.39, 0.29) is 11.3 Å². The van der Waals surface area contributed by atoms with Gasteiger partial charge >= 0.3 is 5.97 Å². The summed E-state index contributed by atoms with van der Waals surface area (Å²) in [4.78, 5) is 25.9. The third-order valence-electron chi connectivity index (χ3n) is 3.50. The predicted molar refractivity (Wildman–Crippen MR) is 69.8 cm³/mol. The zero-order chi connectivity index (χ0) is 13.3. The van der Waals surface area contributed by atoms with E-state index < -0.39 is 12.0 Å². The highest BCUT2D eigenvalue weighted by molar-refractivity contribution is 7.12. The summed E-state index contributed by atoms with van der Waals surface area (Å²) in [7, 11) is 0. The Hall–Kier alpha value is -1.36. The van der Waals surface area contributed by atoms with Crippen LogP contribution in [0.1, 0.15) is 36.4 Å². The minimum atomic E-state index is -0.912. The fourth-order valence-electron chi connectivity index (χ4n) is 2.62. The van der Waals surface area contributed by atoms with Crippen molar-refractivity contribution in [1.29, 1.82) is 0 Å². The van der Waals surface area contributed by atoms with E-state index in [0.29, 0.717) is 11.4 Å². The van der Waals surface area contributed by atoms with Gasteiger partial charge in [-0.3, -0.25) is 4.79 Å². The van der Waals surface area contributed by atoms with Gasteiger partial charge in [0.25, 0.3) is 5.91 Å². The number of thiophene rings is 1. The summed E-state index contributed by atoms with van der Waals surface area (Å²) in [6, 6.07) is 2.82. The molecule has 1 aromatic rings. The first-order valence-corrected chi connectivity index (χ1v) is 6.89. The lowest BCUT2D eigenvalue weighted by Crippen LogP contribution is -2.56. The monoisotopic (exact) mass is 267 g/mol. The first-order chi connectivity index (χ1) is 8.43. The van der Waals surface area contributed by atoms with E-state index in [9.17, 15) is 14.7 Å². The third-order valence-corrected chi connectivity index (χ3v) is 4.36. The maximum Gasteiger partial charge on any atom is 0.326 e. The highest BCUT2D eigenvalue weighted by Gasteiger charge is 2.44. The third kappa shape index (κ3) is 2.27. The Morgan fingerprint density at radius 1 is 1.50 bits per heavy atom. The Kier molecular flexibility index (Phi) is 3.43. The van der Waals surface area contributed by atoms with Gasteiger partial charge in [-0.05, 0) is 29.7 Å². The zero-order valence-corrected chi connectivity index (χ0v) is 11.4. The van der Waals surface area contributed by atoms with Gasteiger partial charge in [0.15, 0.2) is 0 Å². The fraction of sp³-hybridized carbons (Fsp3) is 0.538. The topological polar surface area (TPSA) is 57.6 Å². The smallest absolute Gasteiger partial charge is 0.326 e. The van der Waals surface area contributed by atoms with Crippen LogP contribution >= 0.6 is 11.3 Å². The van der Waals surface area contributed by atoms with Gasteiger partial charge in [-0.2, -0.15) is 0 Å². The van der Waals surface area contributed by atoms with E-state index in [1.165, 1.54) is 16.2 Å². The number of carboxylic acids is 1. The Morgan fingerprint density at radius 3 is 2.78 bits per heavy atom. The molecular formula is C13H17NO3S. The fourth-order valence-corrected chi connectivity index (χ4v) is 3.30. The highest BCUT2D eigenvalue weighted by atomic mass is 32.1. The molecule has 1 atom stereocenters. The summed E-state index contributed by atoms with van der Waals surface area (Å²) < 4.78 is 0. The van der Waals surface area contributed by atoms with Crippen LogP contribution < -0.4 is 0 Å². The van der Waals surface area contributed by atoms with Crippen molar-refractivity contribution < 1.29 is 14.7 Å². The number of hydrogen-bond acceptors (Lipinski definition) is 3. The molecule has 1 aliphatic rings. The Balaban J connectivity index is 2.30. The molecule has 5 heteroatoms. The second-order valence-corrected chi connectivity index (χ2v) is 6.26. The van der Waals surface area contributed by atoms with Crippen molar-refractivity contribution in [3.05, 3.63) is 22.4 Å². The average Bonchev–Trinajstić information content (AvgIpc) is 2.79. The summed E-state index contributed by atoms with van der Waals surface area (Å²) in [6.45, 7) is 4.36. The van der Waals surface area contributed by atoms with E-state index >= 15 is 0 Å². The molecule has 1 fully saturated rings. The molecule has 0 aliphatic carbocycles. The van der Waals surface area contributed by atoms with E-state index in [1.807, 2.05) is 25.3 Å². The van der Waals surface area contributed by atoms with Gasteiger partial charge < -0.3 is 10.0 Å². The van der Waals surface area contributed by atoms with Crippen molar-refractivity contribution in [3.63, 3.8) is 0 Å². The number of hydrogen-bond donors (Lipinski definition) is 1. The molecule has 98 valence electrons. The van der Waals surface area contributed by atoms with Crippen LogP contribution in [0.25, 0.3) is 0 Å². The van der Waals surface area contributed by atoms with Crippen molar-refractivity contribution in [1.82, 2.24) is 4.90 Å². The minimum absolute atomic E-state index is 0.162. The number of likely N-dealkylation sites (tertiary alicyclic amines) is 1. The predicted octanol–water partition coefficient (Wildman–Crippen LogP) is 2.46. The number of aliphatic carboxylic acids is 1. The molecule has 18 heavy (non-hydrogen) atoms. The molecule has 1 aromatic heterocycles. The molecule has 0 aromatic carbocycles. The first kappa shape index (κ1) is 13.1. The highest BCUT2D eigenvalue weighted by Crippen LogP contribution is 2.36. The molecule has 1 unspecified atom stereocenters. The van der Waals surface area contributed by atoms with Crippen LogP contribution in [0, 0.1) is 5.41 Å². The van der Waals surface area contributed by atoms with E-state index in [2.05, 4.69) is 0 Å². The van der Waals surface area contributed by atoms with Crippen molar-refractivity contribution in [2.75, 3.05) is 6.54 Å². The lowest BCUT2D eigenvalue weighted by molar-refractivity contribution is -0.148. The Labute approximate surface area is 110 Å². The Morgan fingerprint density at radius 2 is 2.22 bits per heavy atom. The van der Waals surface area contributed by atoms with Crippen LogP contribution in [0.3, 0.4) is 0 Å². The summed E-state index contributed by atoms with van der Waals surface area (Å²) in [5.41, 5.74) is -0.378. The van der Waals surface area contributed by atoms with Crippen LogP contribution in [-0.4, -0.2) is 34.5 Å². The van der Waals surface area contributed by atoms with E-state index in [0.717, 1.165) is 12.8 Å². The van der Waals surface area contributed by atoms with Crippen LogP contribution in [-0.2, 0) is 4.79 Å². The number of amides is 1. The zero-order valence-electron chi connectivity index (χ0n) is 10.5. The van der Waals surface area contributed by atoms with Crippen LogP contribution in [0.4, 0.5) is 0 Å². The second-order valence-electron chi connectivity index (χ2n) is 5.31. The van der Waals surface area contributed by atoms with Crippen LogP contribution in [0.2, 0.25) is 0 Å². The summed E-state index contributed by atoms with van der Waals surface area (Å²) >= 11 is 1.35.